The van der Waals surface area contributed by atoms with Crippen molar-refractivity contribution in [3.8, 4) is 0 Å². The minimum Gasteiger partial charge on any atom is -0.450 e. The molecule has 3 heterocycles. The second kappa shape index (κ2) is 8.33. The zero-order valence-electron chi connectivity index (χ0n) is 15.6. The van der Waals surface area contributed by atoms with Crippen LogP contribution in [0.15, 0.2) is 12.4 Å². The Balaban J connectivity index is 1.61. The number of likely N-dealkylation sites (tertiary alicyclic amines) is 1. The van der Waals surface area contributed by atoms with E-state index >= 15 is 0 Å². The van der Waals surface area contributed by atoms with Crippen LogP contribution >= 0.6 is 0 Å². The summed E-state index contributed by atoms with van der Waals surface area (Å²) >= 11 is 0. The normalized spacial score (nSPS) is 18.8. The predicted molar refractivity (Wildman–Crippen MR) is 97.1 cm³/mol. The van der Waals surface area contributed by atoms with Crippen LogP contribution in [0.25, 0.3) is 0 Å². The van der Waals surface area contributed by atoms with Gasteiger partial charge in [-0.15, -0.1) is 0 Å². The molecule has 0 bridgehead atoms. The summed E-state index contributed by atoms with van der Waals surface area (Å²) in [4.78, 5) is 38.6. The SMILES string of the molecule is CCOC(=O)N1CCN(c2cc(C(=O)N3CCC(C)CC3)ncn2)CC1. The Kier molecular flexibility index (Phi) is 5.90. The number of rotatable bonds is 3. The Morgan fingerprint density at radius 2 is 1.77 bits per heavy atom. The van der Waals surface area contributed by atoms with Crippen molar-refractivity contribution in [2.75, 3.05) is 50.8 Å². The maximum Gasteiger partial charge on any atom is 0.409 e. The molecule has 8 heteroatoms. The van der Waals surface area contributed by atoms with E-state index in [1.54, 1.807) is 17.9 Å². The van der Waals surface area contributed by atoms with E-state index in [1.807, 2.05) is 4.90 Å². The molecule has 0 aliphatic carbocycles. The molecule has 2 aliphatic heterocycles. The third-order valence-electron chi connectivity index (χ3n) is 5.07. The Morgan fingerprint density at radius 1 is 1.08 bits per heavy atom. The van der Waals surface area contributed by atoms with Gasteiger partial charge in [-0.3, -0.25) is 4.79 Å². The van der Waals surface area contributed by atoms with Gasteiger partial charge in [0.2, 0.25) is 0 Å². The molecule has 1 aromatic heterocycles. The number of amides is 2. The van der Waals surface area contributed by atoms with Crippen LogP contribution in [0, 0.1) is 5.92 Å². The number of carbonyl (C=O) groups excluding carboxylic acids is 2. The van der Waals surface area contributed by atoms with Crippen molar-refractivity contribution in [1.82, 2.24) is 19.8 Å². The van der Waals surface area contributed by atoms with Crippen molar-refractivity contribution in [2.24, 2.45) is 5.92 Å². The maximum absolute atomic E-state index is 12.7. The van der Waals surface area contributed by atoms with E-state index in [1.165, 1.54) is 6.33 Å². The van der Waals surface area contributed by atoms with Gasteiger partial charge in [-0.1, -0.05) is 6.92 Å². The number of hydrogen-bond donors (Lipinski definition) is 0. The highest BCUT2D eigenvalue weighted by Gasteiger charge is 2.25. The minimum atomic E-state index is -0.273. The van der Waals surface area contributed by atoms with E-state index in [0.29, 0.717) is 44.4 Å². The van der Waals surface area contributed by atoms with Crippen molar-refractivity contribution in [2.45, 2.75) is 26.7 Å². The highest BCUT2D eigenvalue weighted by Crippen LogP contribution is 2.19. The summed E-state index contributed by atoms with van der Waals surface area (Å²) < 4.78 is 5.04. The summed E-state index contributed by atoms with van der Waals surface area (Å²) in [5.74, 6) is 1.39. The number of piperazine rings is 1. The first-order valence-electron chi connectivity index (χ1n) is 9.36. The minimum absolute atomic E-state index is 0.0225. The van der Waals surface area contributed by atoms with E-state index < -0.39 is 0 Å². The van der Waals surface area contributed by atoms with Gasteiger partial charge in [0.1, 0.15) is 17.8 Å². The van der Waals surface area contributed by atoms with Crippen LogP contribution in [0.4, 0.5) is 10.6 Å². The Morgan fingerprint density at radius 3 is 2.42 bits per heavy atom. The lowest BCUT2D eigenvalue weighted by Gasteiger charge is -2.35. The predicted octanol–water partition coefficient (Wildman–Crippen LogP) is 1.63. The number of nitrogens with zero attached hydrogens (tertiary/aromatic N) is 5. The van der Waals surface area contributed by atoms with Crippen molar-refractivity contribution in [3.05, 3.63) is 18.1 Å². The molecule has 0 radical (unpaired) electrons. The average molecular weight is 361 g/mol. The molecule has 2 aliphatic rings. The molecule has 2 saturated heterocycles. The number of carbonyl (C=O) groups is 2. The molecule has 3 rings (SSSR count). The number of anilines is 1. The molecule has 0 unspecified atom stereocenters. The molecular formula is C18H27N5O3. The summed E-state index contributed by atoms with van der Waals surface area (Å²) in [6, 6.07) is 1.76. The van der Waals surface area contributed by atoms with Crippen LogP contribution < -0.4 is 4.90 Å². The van der Waals surface area contributed by atoms with Gasteiger partial charge in [-0.05, 0) is 25.7 Å². The van der Waals surface area contributed by atoms with Gasteiger partial charge in [-0.2, -0.15) is 0 Å². The van der Waals surface area contributed by atoms with Crippen LogP contribution in [-0.2, 0) is 4.74 Å². The average Bonchev–Trinajstić information content (AvgIpc) is 2.68. The van der Waals surface area contributed by atoms with Gasteiger partial charge in [0.15, 0.2) is 0 Å². The fourth-order valence-electron chi connectivity index (χ4n) is 3.34. The molecule has 8 nitrogen and oxygen atoms in total. The Bertz CT molecular complexity index is 637. The first kappa shape index (κ1) is 18.4. The monoisotopic (exact) mass is 361 g/mol. The lowest BCUT2D eigenvalue weighted by Crippen LogP contribution is -2.49. The first-order valence-corrected chi connectivity index (χ1v) is 9.36. The second-order valence-corrected chi connectivity index (χ2v) is 6.91. The lowest BCUT2D eigenvalue weighted by atomic mass is 9.99. The molecule has 2 fully saturated rings. The fraction of sp³-hybridized carbons (Fsp3) is 0.667. The van der Waals surface area contributed by atoms with Crippen molar-refractivity contribution < 1.29 is 14.3 Å². The molecule has 26 heavy (non-hydrogen) atoms. The third kappa shape index (κ3) is 4.23. The molecule has 0 spiro atoms. The maximum atomic E-state index is 12.7. The molecule has 0 saturated carbocycles. The van der Waals surface area contributed by atoms with Crippen molar-refractivity contribution >= 4 is 17.8 Å². The highest BCUT2D eigenvalue weighted by atomic mass is 16.6. The van der Waals surface area contributed by atoms with Crippen molar-refractivity contribution in [1.29, 1.82) is 0 Å². The molecule has 0 aromatic carbocycles. The van der Waals surface area contributed by atoms with Gasteiger partial charge < -0.3 is 19.4 Å². The van der Waals surface area contributed by atoms with E-state index in [2.05, 4.69) is 21.8 Å². The smallest absolute Gasteiger partial charge is 0.409 e. The highest BCUT2D eigenvalue weighted by molar-refractivity contribution is 5.93. The summed E-state index contributed by atoms with van der Waals surface area (Å²) in [5.41, 5.74) is 0.442. The van der Waals surface area contributed by atoms with Gasteiger partial charge in [0, 0.05) is 45.3 Å². The number of hydrogen-bond acceptors (Lipinski definition) is 6. The van der Waals surface area contributed by atoms with E-state index in [-0.39, 0.29) is 12.0 Å². The number of aromatic nitrogens is 2. The van der Waals surface area contributed by atoms with Crippen LogP contribution in [0.3, 0.4) is 0 Å². The van der Waals surface area contributed by atoms with E-state index in [4.69, 9.17) is 4.74 Å². The quantitative estimate of drug-likeness (QED) is 0.814. The molecular weight excluding hydrogens is 334 g/mol. The van der Waals surface area contributed by atoms with Gasteiger partial charge in [-0.25, -0.2) is 14.8 Å². The summed E-state index contributed by atoms with van der Waals surface area (Å²) in [6.07, 6.45) is 3.26. The zero-order valence-corrected chi connectivity index (χ0v) is 15.6. The topological polar surface area (TPSA) is 78.9 Å². The standard InChI is InChI=1S/C18H27N5O3/c1-3-26-18(25)23-10-8-21(9-11-23)16-12-15(19-13-20-16)17(24)22-6-4-14(2)5-7-22/h12-14H,3-11H2,1-2H3. The summed E-state index contributed by atoms with van der Waals surface area (Å²) in [7, 11) is 0. The lowest BCUT2D eigenvalue weighted by molar-refractivity contribution is 0.0691. The first-order chi connectivity index (χ1) is 12.6. The third-order valence-corrected chi connectivity index (χ3v) is 5.07. The van der Waals surface area contributed by atoms with Crippen molar-refractivity contribution in [3.63, 3.8) is 0 Å². The fourth-order valence-corrected chi connectivity index (χ4v) is 3.34. The Labute approximate surface area is 154 Å². The van der Waals surface area contributed by atoms with Gasteiger partial charge in [0.05, 0.1) is 6.61 Å². The second-order valence-electron chi connectivity index (χ2n) is 6.91. The van der Waals surface area contributed by atoms with Gasteiger partial charge in [0.25, 0.3) is 5.91 Å². The molecule has 142 valence electrons. The molecule has 1 aromatic rings. The largest absolute Gasteiger partial charge is 0.450 e. The van der Waals surface area contributed by atoms with Gasteiger partial charge >= 0.3 is 6.09 Å². The molecule has 0 atom stereocenters. The Hall–Kier alpha value is -2.38. The van der Waals surface area contributed by atoms with Crippen LogP contribution in [0.2, 0.25) is 0 Å². The molecule has 2 amide bonds. The van der Waals surface area contributed by atoms with Crippen LogP contribution in [-0.4, -0.2) is 77.6 Å². The van der Waals surface area contributed by atoms with E-state index in [9.17, 15) is 9.59 Å². The number of ether oxygens (including phenoxy) is 1. The number of piperidine rings is 1. The molecule has 0 N–H and O–H groups in total. The van der Waals surface area contributed by atoms with E-state index in [0.717, 1.165) is 31.7 Å². The summed E-state index contributed by atoms with van der Waals surface area (Å²) in [6.45, 7) is 8.46. The van der Waals surface area contributed by atoms with Crippen LogP contribution in [0.5, 0.6) is 0 Å². The summed E-state index contributed by atoms with van der Waals surface area (Å²) in [5, 5.41) is 0. The van der Waals surface area contributed by atoms with Crippen LogP contribution in [0.1, 0.15) is 37.2 Å². The zero-order chi connectivity index (χ0) is 18.5.